The molecule has 166 valence electrons. The third-order valence-corrected chi connectivity index (χ3v) is 6.84. The van der Waals surface area contributed by atoms with E-state index in [0.29, 0.717) is 37.2 Å². The van der Waals surface area contributed by atoms with Crippen LogP contribution in [-0.4, -0.2) is 67.3 Å². The Labute approximate surface area is 182 Å². The van der Waals surface area contributed by atoms with E-state index < -0.39 is 11.5 Å². The highest BCUT2D eigenvalue weighted by atomic mass is 19.1. The van der Waals surface area contributed by atoms with Gasteiger partial charge in [-0.1, -0.05) is 12.2 Å². The third kappa shape index (κ3) is 3.99. The summed E-state index contributed by atoms with van der Waals surface area (Å²) in [5, 5.41) is 1.24. The minimum absolute atomic E-state index is 0.199. The number of likely N-dealkylation sites (tertiary alicyclic amines) is 1. The summed E-state index contributed by atoms with van der Waals surface area (Å²) in [6.45, 7) is 1.17. The highest BCUT2D eigenvalue weighted by Crippen LogP contribution is 2.42. The van der Waals surface area contributed by atoms with Gasteiger partial charge in [-0.25, -0.2) is 4.39 Å². The number of piperidine rings is 1. The maximum absolute atomic E-state index is 14.4. The van der Waals surface area contributed by atoms with E-state index >= 15 is 0 Å². The van der Waals surface area contributed by atoms with Crippen LogP contribution in [0.5, 0.6) is 5.75 Å². The van der Waals surface area contributed by atoms with Crippen molar-refractivity contribution in [1.29, 1.82) is 0 Å². The molecule has 2 bridgehead atoms. The molecule has 1 amide bonds. The van der Waals surface area contributed by atoms with Crippen molar-refractivity contribution in [3.8, 4) is 5.75 Å². The number of fused-ring (bicyclic) bond motifs is 2. The van der Waals surface area contributed by atoms with Gasteiger partial charge in [0.15, 0.2) is 5.75 Å². The van der Waals surface area contributed by atoms with Crippen molar-refractivity contribution in [2.75, 3.05) is 34.2 Å². The van der Waals surface area contributed by atoms with E-state index in [4.69, 9.17) is 4.84 Å². The second-order valence-electron chi connectivity index (χ2n) is 8.91. The van der Waals surface area contributed by atoms with Crippen molar-refractivity contribution in [2.24, 2.45) is 5.41 Å². The maximum Gasteiger partial charge on any atom is 0.272 e. The molecule has 0 saturated carbocycles. The summed E-state index contributed by atoms with van der Waals surface area (Å²) in [6, 6.07) is 4.04. The Morgan fingerprint density at radius 2 is 2.00 bits per heavy atom. The first kappa shape index (κ1) is 21.6. The molecule has 3 aliphatic rings. The van der Waals surface area contributed by atoms with Crippen LogP contribution in [0.4, 0.5) is 4.39 Å². The number of nitrogens with zero attached hydrogens (tertiary/aromatic N) is 3. The first-order chi connectivity index (χ1) is 14.8. The second-order valence-corrected chi connectivity index (χ2v) is 8.91. The number of amides is 1. The molecule has 2 heterocycles. The van der Waals surface area contributed by atoms with Crippen LogP contribution >= 0.6 is 0 Å². The molecule has 1 aromatic rings. The van der Waals surface area contributed by atoms with Crippen molar-refractivity contribution >= 4 is 12.2 Å². The number of allylic oxidation sites excluding steroid dienone is 4. The lowest BCUT2D eigenvalue weighted by atomic mass is 9.70. The summed E-state index contributed by atoms with van der Waals surface area (Å²) < 4.78 is 14.4. The van der Waals surface area contributed by atoms with Gasteiger partial charge in [-0.05, 0) is 55.0 Å². The molecule has 0 radical (unpaired) electrons. The summed E-state index contributed by atoms with van der Waals surface area (Å²) >= 11 is 0. The van der Waals surface area contributed by atoms with Gasteiger partial charge in [-0.3, -0.25) is 9.69 Å². The highest BCUT2D eigenvalue weighted by molar-refractivity contribution is 5.81. The molecule has 0 spiro atoms. The number of carbonyl (C=O) groups excluding carboxylic acids is 2. The maximum atomic E-state index is 14.4. The quantitative estimate of drug-likeness (QED) is 0.692. The molecule has 4 rings (SSSR count). The Morgan fingerprint density at radius 3 is 2.68 bits per heavy atom. The molecule has 2 aliphatic heterocycles. The summed E-state index contributed by atoms with van der Waals surface area (Å²) in [4.78, 5) is 35.2. The Bertz CT molecular complexity index is 932. The van der Waals surface area contributed by atoms with Crippen LogP contribution < -0.4 is 4.84 Å². The third-order valence-electron chi connectivity index (χ3n) is 6.84. The van der Waals surface area contributed by atoms with E-state index in [9.17, 15) is 14.0 Å². The fraction of sp³-hybridized carbons (Fsp3) is 0.500. The number of halogens is 1. The minimum Gasteiger partial charge on any atom is -0.381 e. The number of benzene rings is 1. The topological polar surface area (TPSA) is 53.1 Å². The van der Waals surface area contributed by atoms with Gasteiger partial charge in [0.25, 0.3) is 5.91 Å². The Morgan fingerprint density at radius 1 is 1.26 bits per heavy atom. The van der Waals surface area contributed by atoms with Gasteiger partial charge < -0.3 is 14.5 Å². The first-order valence-corrected chi connectivity index (χ1v) is 10.9. The Hall–Kier alpha value is -2.67. The van der Waals surface area contributed by atoms with Crippen molar-refractivity contribution < 1.29 is 18.8 Å². The molecular formula is C24H30FN3O3. The fourth-order valence-electron chi connectivity index (χ4n) is 5.01. The molecule has 0 N–H and O–H groups in total. The van der Waals surface area contributed by atoms with Crippen LogP contribution in [0.2, 0.25) is 0 Å². The molecule has 31 heavy (non-hydrogen) atoms. The van der Waals surface area contributed by atoms with E-state index in [-0.39, 0.29) is 18.1 Å². The normalized spacial score (nSPS) is 23.8. The molecule has 1 aromatic carbocycles. The summed E-state index contributed by atoms with van der Waals surface area (Å²) in [7, 11) is 5.63. The van der Waals surface area contributed by atoms with Gasteiger partial charge in [0.05, 0.1) is 11.5 Å². The van der Waals surface area contributed by atoms with Crippen molar-refractivity contribution in [3.63, 3.8) is 0 Å². The summed E-state index contributed by atoms with van der Waals surface area (Å²) in [6.07, 6.45) is 8.78. The predicted molar refractivity (Wildman–Crippen MR) is 116 cm³/mol. The molecule has 1 atom stereocenters. The average Bonchev–Trinajstić information content (AvgIpc) is 2.78. The predicted octanol–water partition coefficient (Wildman–Crippen LogP) is 2.95. The first-order valence-electron chi connectivity index (χ1n) is 10.9. The van der Waals surface area contributed by atoms with Gasteiger partial charge in [-0.2, -0.15) is 5.06 Å². The highest BCUT2D eigenvalue weighted by Gasteiger charge is 2.42. The van der Waals surface area contributed by atoms with Gasteiger partial charge in [0, 0.05) is 46.4 Å². The van der Waals surface area contributed by atoms with Crippen LogP contribution in [0.15, 0.2) is 41.6 Å². The molecule has 6 nitrogen and oxygen atoms in total. The van der Waals surface area contributed by atoms with Gasteiger partial charge in [-0.15, -0.1) is 0 Å². The van der Waals surface area contributed by atoms with Crippen molar-refractivity contribution in [2.45, 2.75) is 38.1 Å². The number of likely N-dealkylation sites (N-methyl/N-ethyl adjacent to an activating group) is 1. The standard InChI is InChI=1S/C24H30FN3O3/c1-26(2)21-7-5-4-6-19(21)24(16-29)10-12-28(13-11-24)22-15-17-14-18(8-9-20(17)25)31-27(3)23(22)30/h4,6,8-9,14,16,22H,5,7,10-13,15H2,1-3H3. The van der Waals surface area contributed by atoms with E-state index in [0.717, 1.165) is 24.7 Å². The average molecular weight is 428 g/mol. The second kappa shape index (κ2) is 8.46. The van der Waals surface area contributed by atoms with Crippen molar-refractivity contribution in [3.05, 3.63) is 53.0 Å². The number of rotatable bonds is 4. The largest absolute Gasteiger partial charge is 0.381 e. The van der Waals surface area contributed by atoms with Gasteiger partial charge >= 0.3 is 0 Å². The lowest BCUT2D eigenvalue weighted by Crippen LogP contribution is -2.54. The van der Waals surface area contributed by atoms with Crippen LogP contribution in [-0.2, 0) is 16.0 Å². The molecule has 1 aliphatic carbocycles. The van der Waals surface area contributed by atoms with Gasteiger partial charge in [0.1, 0.15) is 12.1 Å². The summed E-state index contributed by atoms with van der Waals surface area (Å²) in [5.74, 6) is -0.0748. The molecule has 1 fully saturated rings. The lowest BCUT2D eigenvalue weighted by Gasteiger charge is -2.44. The van der Waals surface area contributed by atoms with E-state index in [1.807, 2.05) is 14.1 Å². The van der Waals surface area contributed by atoms with Crippen LogP contribution in [0.25, 0.3) is 0 Å². The van der Waals surface area contributed by atoms with Gasteiger partial charge in [0.2, 0.25) is 0 Å². The Balaban J connectivity index is 1.58. The van der Waals surface area contributed by atoms with E-state index in [2.05, 4.69) is 22.0 Å². The molecular weight excluding hydrogens is 397 g/mol. The fourth-order valence-corrected chi connectivity index (χ4v) is 5.01. The number of hydroxylamine groups is 2. The number of carbonyl (C=O) groups is 2. The smallest absolute Gasteiger partial charge is 0.272 e. The van der Waals surface area contributed by atoms with Crippen LogP contribution in [0.3, 0.4) is 0 Å². The number of hydrogen-bond donors (Lipinski definition) is 0. The zero-order valence-corrected chi connectivity index (χ0v) is 18.4. The van der Waals surface area contributed by atoms with Crippen LogP contribution in [0, 0.1) is 11.2 Å². The van der Waals surface area contributed by atoms with E-state index in [1.54, 1.807) is 13.1 Å². The zero-order valence-electron chi connectivity index (χ0n) is 18.4. The molecule has 1 saturated heterocycles. The zero-order chi connectivity index (χ0) is 22.2. The number of hydrogen-bond acceptors (Lipinski definition) is 5. The summed E-state index contributed by atoms with van der Waals surface area (Å²) in [5.41, 5.74) is 2.23. The molecule has 0 aromatic heterocycles. The Kier molecular flexibility index (Phi) is 5.88. The minimum atomic E-state index is -0.550. The number of aldehydes is 1. The molecule has 1 unspecified atom stereocenters. The van der Waals surface area contributed by atoms with E-state index in [1.165, 1.54) is 22.9 Å². The SMILES string of the molecule is CN(C)C1=C(C2(C=O)CCN(C3Cc4cc(ccc4F)ON(C)C3=O)CC2)C=CCC1. The molecule has 7 heteroatoms. The lowest BCUT2D eigenvalue weighted by molar-refractivity contribution is -0.160. The van der Waals surface area contributed by atoms with Crippen molar-refractivity contribution in [1.82, 2.24) is 14.9 Å². The monoisotopic (exact) mass is 427 g/mol. The van der Waals surface area contributed by atoms with Crippen LogP contribution in [0.1, 0.15) is 31.2 Å².